The molecule has 0 aliphatic carbocycles. The first-order valence-electron chi connectivity index (χ1n) is 7.21. The molecule has 0 radical (unpaired) electrons. The normalized spacial score (nSPS) is 11.2. The minimum atomic E-state index is -4.52. The standard InChI is InChI=1S/C15H18ClF3N2O2S/c1-3-21(4-2)14(23)9-24-8-13(22)20-12-7-10(15(17,18)19)5-6-11(12)16/h5-7H,3-4,8-9H2,1-2H3,(H,20,22). The Bertz CT molecular complexity index is 593. The quantitative estimate of drug-likeness (QED) is 0.778. The van der Waals surface area contributed by atoms with Gasteiger partial charge >= 0.3 is 6.18 Å². The van der Waals surface area contributed by atoms with E-state index in [2.05, 4.69) is 5.32 Å². The molecule has 0 bridgehead atoms. The van der Waals surface area contributed by atoms with Crippen molar-refractivity contribution < 1.29 is 22.8 Å². The van der Waals surface area contributed by atoms with Crippen molar-refractivity contribution >= 4 is 40.9 Å². The predicted molar refractivity (Wildman–Crippen MR) is 90.3 cm³/mol. The van der Waals surface area contributed by atoms with Crippen LogP contribution in [-0.4, -0.2) is 41.3 Å². The molecule has 0 aromatic heterocycles. The third-order valence-electron chi connectivity index (χ3n) is 3.14. The Morgan fingerprint density at radius 2 is 1.83 bits per heavy atom. The zero-order chi connectivity index (χ0) is 18.3. The Morgan fingerprint density at radius 3 is 2.38 bits per heavy atom. The van der Waals surface area contributed by atoms with Gasteiger partial charge in [-0.3, -0.25) is 9.59 Å². The van der Waals surface area contributed by atoms with Crippen molar-refractivity contribution in [1.82, 2.24) is 4.90 Å². The number of hydrogen-bond acceptors (Lipinski definition) is 3. The Morgan fingerprint density at radius 1 is 1.21 bits per heavy atom. The van der Waals surface area contributed by atoms with Crippen molar-refractivity contribution in [3.05, 3.63) is 28.8 Å². The van der Waals surface area contributed by atoms with Crippen LogP contribution in [0.15, 0.2) is 18.2 Å². The summed E-state index contributed by atoms with van der Waals surface area (Å²) in [5.41, 5.74) is -1.00. The number of thioether (sulfide) groups is 1. The summed E-state index contributed by atoms with van der Waals surface area (Å²) in [6, 6.07) is 2.71. The Balaban J connectivity index is 2.58. The maximum Gasteiger partial charge on any atom is 0.416 e. The van der Waals surface area contributed by atoms with E-state index >= 15 is 0 Å². The minimum Gasteiger partial charge on any atom is -0.343 e. The molecule has 0 saturated heterocycles. The van der Waals surface area contributed by atoms with Gasteiger partial charge in [-0.25, -0.2) is 0 Å². The molecule has 134 valence electrons. The van der Waals surface area contributed by atoms with Crippen LogP contribution in [0.25, 0.3) is 0 Å². The van der Waals surface area contributed by atoms with Gasteiger partial charge in [0, 0.05) is 13.1 Å². The second kappa shape index (κ2) is 9.17. The fraction of sp³-hybridized carbons (Fsp3) is 0.467. The van der Waals surface area contributed by atoms with Crippen molar-refractivity contribution in [2.75, 3.05) is 29.9 Å². The molecule has 24 heavy (non-hydrogen) atoms. The molecule has 0 unspecified atom stereocenters. The highest BCUT2D eigenvalue weighted by atomic mass is 35.5. The van der Waals surface area contributed by atoms with Crippen LogP contribution < -0.4 is 5.32 Å². The zero-order valence-electron chi connectivity index (χ0n) is 13.2. The van der Waals surface area contributed by atoms with Crippen molar-refractivity contribution in [3.8, 4) is 0 Å². The lowest BCUT2D eigenvalue weighted by molar-refractivity contribution is -0.137. The van der Waals surface area contributed by atoms with E-state index in [4.69, 9.17) is 11.6 Å². The molecule has 0 aliphatic heterocycles. The van der Waals surface area contributed by atoms with Crippen molar-refractivity contribution in [3.63, 3.8) is 0 Å². The smallest absolute Gasteiger partial charge is 0.343 e. The van der Waals surface area contributed by atoms with E-state index in [0.717, 1.165) is 30.0 Å². The number of rotatable bonds is 7. The molecule has 0 saturated carbocycles. The lowest BCUT2D eigenvalue weighted by atomic mass is 10.2. The van der Waals surface area contributed by atoms with Crippen molar-refractivity contribution in [2.45, 2.75) is 20.0 Å². The number of anilines is 1. The summed E-state index contributed by atoms with van der Waals surface area (Å²) in [6.07, 6.45) is -4.52. The molecule has 0 fully saturated rings. The Labute approximate surface area is 147 Å². The summed E-state index contributed by atoms with van der Waals surface area (Å²) in [7, 11) is 0. The fourth-order valence-corrected chi connectivity index (χ4v) is 2.76. The van der Waals surface area contributed by atoms with Crippen LogP contribution in [-0.2, 0) is 15.8 Å². The van der Waals surface area contributed by atoms with Gasteiger partial charge in [0.15, 0.2) is 0 Å². The van der Waals surface area contributed by atoms with Crippen LogP contribution in [0.5, 0.6) is 0 Å². The third kappa shape index (κ3) is 6.24. The first-order chi connectivity index (χ1) is 11.2. The number of carbonyl (C=O) groups excluding carboxylic acids is 2. The highest BCUT2D eigenvalue weighted by Crippen LogP contribution is 2.33. The molecule has 1 aromatic carbocycles. The number of hydrogen-bond donors (Lipinski definition) is 1. The highest BCUT2D eigenvalue weighted by Gasteiger charge is 2.31. The number of halogens is 4. The summed E-state index contributed by atoms with van der Waals surface area (Å²) in [5.74, 6) is -0.533. The van der Waals surface area contributed by atoms with E-state index in [1.807, 2.05) is 13.8 Å². The SMILES string of the molecule is CCN(CC)C(=O)CSCC(=O)Nc1cc(C(F)(F)F)ccc1Cl. The lowest BCUT2D eigenvalue weighted by Crippen LogP contribution is -2.32. The van der Waals surface area contributed by atoms with Gasteiger partial charge in [-0.2, -0.15) is 13.2 Å². The Hall–Kier alpha value is -1.41. The van der Waals surface area contributed by atoms with Gasteiger partial charge < -0.3 is 10.2 Å². The molecule has 1 N–H and O–H groups in total. The predicted octanol–water partition coefficient (Wildman–Crippen LogP) is 3.90. The van der Waals surface area contributed by atoms with Crippen LogP contribution in [0.2, 0.25) is 5.02 Å². The van der Waals surface area contributed by atoms with Crippen LogP contribution in [0.4, 0.5) is 18.9 Å². The molecule has 1 rings (SSSR count). The van der Waals surface area contributed by atoms with Gasteiger partial charge in [0.25, 0.3) is 0 Å². The summed E-state index contributed by atoms with van der Waals surface area (Å²) >= 11 is 6.90. The van der Waals surface area contributed by atoms with E-state index in [1.54, 1.807) is 4.90 Å². The van der Waals surface area contributed by atoms with Crippen LogP contribution in [0.1, 0.15) is 19.4 Å². The zero-order valence-corrected chi connectivity index (χ0v) is 14.8. The van der Waals surface area contributed by atoms with Gasteiger partial charge in [0.05, 0.1) is 27.8 Å². The van der Waals surface area contributed by atoms with E-state index in [-0.39, 0.29) is 28.1 Å². The molecule has 0 aliphatic rings. The van der Waals surface area contributed by atoms with E-state index in [9.17, 15) is 22.8 Å². The summed E-state index contributed by atoms with van der Waals surface area (Å²) in [4.78, 5) is 25.2. The van der Waals surface area contributed by atoms with Crippen LogP contribution >= 0.6 is 23.4 Å². The first-order valence-corrected chi connectivity index (χ1v) is 8.74. The largest absolute Gasteiger partial charge is 0.416 e. The van der Waals surface area contributed by atoms with Crippen LogP contribution in [0, 0.1) is 0 Å². The van der Waals surface area contributed by atoms with Gasteiger partial charge in [-0.05, 0) is 32.0 Å². The fourth-order valence-electron chi connectivity index (χ4n) is 1.88. The van der Waals surface area contributed by atoms with Gasteiger partial charge in [0.2, 0.25) is 11.8 Å². The highest BCUT2D eigenvalue weighted by molar-refractivity contribution is 8.00. The number of amides is 2. The molecule has 2 amide bonds. The van der Waals surface area contributed by atoms with E-state index in [0.29, 0.717) is 13.1 Å². The topological polar surface area (TPSA) is 49.4 Å². The maximum absolute atomic E-state index is 12.7. The maximum atomic E-state index is 12.7. The second-order valence-corrected chi connectivity index (χ2v) is 6.19. The summed E-state index contributed by atoms with van der Waals surface area (Å²) in [5, 5.41) is 2.35. The molecule has 0 spiro atoms. The Kier molecular flexibility index (Phi) is 7.89. The number of benzene rings is 1. The summed E-state index contributed by atoms with van der Waals surface area (Å²) < 4.78 is 38.0. The molecule has 0 heterocycles. The van der Waals surface area contributed by atoms with E-state index < -0.39 is 17.6 Å². The number of alkyl halides is 3. The molecule has 1 aromatic rings. The molecular formula is C15H18ClF3N2O2S. The van der Waals surface area contributed by atoms with Crippen molar-refractivity contribution in [1.29, 1.82) is 0 Å². The first kappa shape index (κ1) is 20.6. The number of carbonyl (C=O) groups is 2. The number of nitrogens with zero attached hydrogens (tertiary/aromatic N) is 1. The second-order valence-electron chi connectivity index (χ2n) is 4.80. The van der Waals surface area contributed by atoms with Gasteiger partial charge in [-0.15, -0.1) is 11.8 Å². The summed E-state index contributed by atoms with van der Waals surface area (Å²) in [6.45, 7) is 4.88. The third-order valence-corrected chi connectivity index (χ3v) is 4.39. The monoisotopic (exact) mass is 382 g/mol. The van der Waals surface area contributed by atoms with Crippen LogP contribution in [0.3, 0.4) is 0 Å². The molecule has 4 nitrogen and oxygen atoms in total. The molecule has 0 atom stereocenters. The minimum absolute atomic E-state index is 0.0144. The van der Waals surface area contributed by atoms with Gasteiger partial charge in [-0.1, -0.05) is 11.6 Å². The average molecular weight is 383 g/mol. The van der Waals surface area contributed by atoms with Gasteiger partial charge in [0.1, 0.15) is 0 Å². The lowest BCUT2D eigenvalue weighted by Gasteiger charge is -2.18. The van der Waals surface area contributed by atoms with E-state index in [1.165, 1.54) is 0 Å². The average Bonchev–Trinajstić information content (AvgIpc) is 2.49. The van der Waals surface area contributed by atoms with Crippen molar-refractivity contribution in [2.24, 2.45) is 0 Å². The number of nitrogens with one attached hydrogen (secondary N) is 1. The molecule has 9 heteroatoms. The molecular weight excluding hydrogens is 365 g/mol.